The van der Waals surface area contributed by atoms with E-state index in [0.717, 1.165) is 0 Å². The second-order valence-corrected chi connectivity index (χ2v) is 6.00. The van der Waals surface area contributed by atoms with Gasteiger partial charge in [-0.1, -0.05) is 160 Å². The van der Waals surface area contributed by atoms with Crippen LogP contribution in [0.1, 0.15) is 160 Å². The van der Waals surface area contributed by atoms with Crippen LogP contribution in [0, 0.1) is 0 Å². The molecule has 0 nitrogen and oxygen atoms in total. The summed E-state index contributed by atoms with van der Waals surface area (Å²) >= 11 is 0. The molecule has 0 amide bonds. The van der Waals surface area contributed by atoms with E-state index < -0.39 is 0 Å². The van der Waals surface area contributed by atoms with Crippen LogP contribution in [0.5, 0.6) is 0 Å². The predicted octanol–water partition coefficient (Wildman–Crippen LogP) is 9.70. The normalized spacial score (nSPS) is 6.67. The van der Waals surface area contributed by atoms with Crippen molar-refractivity contribution in [3.8, 4) is 0 Å². The van der Waals surface area contributed by atoms with Crippen molar-refractivity contribution in [3.05, 3.63) is 0 Å². The summed E-state index contributed by atoms with van der Waals surface area (Å²) in [6.07, 6.45) is 15.8. The molecule has 27 heavy (non-hydrogen) atoms. The summed E-state index contributed by atoms with van der Waals surface area (Å²) in [5, 5.41) is 0. The first-order valence-corrected chi connectivity index (χ1v) is 11.5. The van der Waals surface area contributed by atoms with Gasteiger partial charge in [0.05, 0.1) is 0 Å². The molecule has 0 saturated carbocycles. The molecular formula is C24H60Sn2Te. The van der Waals surface area contributed by atoms with Gasteiger partial charge in [-0.15, -0.1) is 0 Å². The van der Waals surface area contributed by atoms with Crippen molar-refractivity contribution in [2.75, 3.05) is 0 Å². The van der Waals surface area contributed by atoms with Crippen molar-refractivity contribution < 1.29 is 0 Å². The Hall–Kier alpha value is 2.39. The minimum atomic E-state index is 0. The molecule has 0 spiro atoms. The van der Waals surface area contributed by atoms with Crippen molar-refractivity contribution in [2.24, 2.45) is 0 Å². The smallest absolute Gasteiger partial charge is 0 e. The van der Waals surface area contributed by atoms with E-state index in [9.17, 15) is 0 Å². The van der Waals surface area contributed by atoms with Gasteiger partial charge in [-0.2, -0.15) is 0 Å². The molecule has 0 N–H and O–H groups in total. The maximum atomic E-state index is 2.18. The van der Waals surface area contributed by atoms with Gasteiger partial charge in [0, 0.05) is 71.5 Å². The zero-order valence-electron chi connectivity index (χ0n) is 21.9. The van der Waals surface area contributed by atoms with Crippen molar-refractivity contribution in [1.29, 1.82) is 0 Å². The van der Waals surface area contributed by atoms with E-state index in [2.05, 4.69) is 83.1 Å². The summed E-state index contributed by atoms with van der Waals surface area (Å²) in [5.41, 5.74) is 0. The molecule has 0 heterocycles. The van der Waals surface area contributed by atoms with Gasteiger partial charge in [0.1, 0.15) is 0 Å². The van der Waals surface area contributed by atoms with Crippen molar-refractivity contribution in [2.45, 2.75) is 160 Å². The van der Waals surface area contributed by atoms with Gasteiger partial charge in [0.15, 0.2) is 0 Å². The van der Waals surface area contributed by atoms with E-state index >= 15 is 0 Å². The molecule has 0 bridgehead atoms. The SMILES string of the molecule is CCCC.CCCC.CCCC.CCCC.CCCC.CCCC.[Sn].[Sn].[Te]. The van der Waals surface area contributed by atoms with Crippen LogP contribution in [0.15, 0.2) is 0 Å². The number of hydrogen-bond donors (Lipinski definition) is 0. The van der Waals surface area contributed by atoms with Gasteiger partial charge in [0.25, 0.3) is 0 Å². The number of unbranched alkanes of at least 4 members (excludes halogenated alkanes) is 6. The summed E-state index contributed by atoms with van der Waals surface area (Å²) in [7, 11) is 0. The number of rotatable bonds is 6. The maximum absolute atomic E-state index is 2.18. The third-order valence-corrected chi connectivity index (χ3v) is 3.00. The molecule has 0 aromatic rings. The Morgan fingerprint density at radius 2 is 0.259 bits per heavy atom. The Balaban J connectivity index is -0.0000000201. The third kappa shape index (κ3) is 281. The molecule has 3 heteroatoms. The minimum Gasteiger partial charge on any atom is -0.0654 e. The molecule has 10 radical (unpaired) electrons. The van der Waals surface area contributed by atoms with Crippen molar-refractivity contribution in [3.63, 3.8) is 0 Å². The molecule has 0 saturated heterocycles. The van der Waals surface area contributed by atoms with E-state index in [-0.39, 0.29) is 71.5 Å². The largest absolute Gasteiger partial charge is 0.0654 e. The molecule has 0 aromatic heterocycles. The second-order valence-electron chi connectivity index (χ2n) is 6.00. The van der Waals surface area contributed by atoms with Crippen LogP contribution < -0.4 is 0 Å². The van der Waals surface area contributed by atoms with Crippen LogP contribution in [-0.2, 0) is 0 Å². The van der Waals surface area contributed by atoms with E-state index in [1.54, 1.807) is 0 Å². The number of hydrogen-bond acceptors (Lipinski definition) is 0. The van der Waals surface area contributed by atoms with E-state index in [4.69, 9.17) is 0 Å². The topological polar surface area (TPSA) is 0 Å². The van der Waals surface area contributed by atoms with Crippen LogP contribution in [0.3, 0.4) is 0 Å². The van der Waals surface area contributed by atoms with Gasteiger partial charge < -0.3 is 0 Å². The van der Waals surface area contributed by atoms with E-state index in [1.807, 2.05) is 0 Å². The second kappa shape index (κ2) is 103. The summed E-state index contributed by atoms with van der Waals surface area (Å²) in [6.45, 7) is 26.2. The molecule has 170 valence electrons. The molecule has 0 atom stereocenters. The molecule has 0 unspecified atom stereocenters. The van der Waals surface area contributed by atoms with Crippen LogP contribution in [-0.4, -0.2) is 71.5 Å². The fourth-order valence-electron chi connectivity index (χ4n) is 0. The summed E-state index contributed by atoms with van der Waals surface area (Å²) in [5.74, 6) is 0. The molecule has 0 rings (SSSR count). The molecule has 0 fully saturated rings. The zero-order chi connectivity index (χ0) is 20.5. The quantitative estimate of drug-likeness (QED) is 0.241. The Morgan fingerprint density at radius 1 is 0.222 bits per heavy atom. The van der Waals surface area contributed by atoms with Gasteiger partial charge in [-0.3, -0.25) is 0 Å². The third-order valence-electron chi connectivity index (χ3n) is 3.00. The average molecular weight is 714 g/mol. The molecule has 0 aromatic carbocycles. The predicted molar refractivity (Wildman–Crippen MR) is 141 cm³/mol. The fourth-order valence-corrected chi connectivity index (χ4v) is 0. The minimum absolute atomic E-state index is 0. The van der Waals surface area contributed by atoms with Crippen molar-refractivity contribution in [1.82, 2.24) is 0 Å². The van der Waals surface area contributed by atoms with Crippen LogP contribution in [0.25, 0.3) is 0 Å². The Kier molecular flexibility index (Phi) is 217. The standard InChI is InChI=1S/6C4H10.2Sn.Te/c6*1-3-4-2;;;/h6*3-4H2,1-2H3;;;. The van der Waals surface area contributed by atoms with Gasteiger partial charge >= 0.3 is 0 Å². The van der Waals surface area contributed by atoms with Crippen LogP contribution in [0.2, 0.25) is 0 Å². The van der Waals surface area contributed by atoms with E-state index in [1.165, 1.54) is 77.0 Å². The first-order valence-electron chi connectivity index (χ1n) is 11.5. The Bertz CT molecular complexity index is 59.4. The van der Waals surface area contributed by atoms with E-state index in [0.29, 0.717) is 0 Å². The zero-order valence-corrected chi connectivity index (χ0v) is 29.9. The van der Waals surface area contributed by atoms with Crippen LogP contribution >= 0.6 is 0 Å². The first kappa shape index (κ1) is 57.0. The Morgan fingerprint density at radius 3 is 0.259 bits per heavy atom. The van der Waals surface area contributed by atoms with Gasteiger partial charge in [-0.25, -0.2) is 0 Å². The first-order chi connectivity index (χ1) is 11.5. The molecular weight excluding hydrogens is 653 g/mol. The monoisotopic (exact) mass is 718 g/mol. The maximum Gasteiger partial charge on any atom is 0 e. The molecule has 0 aliphatic carbocycles. The summed E-state index contributed by atoms with van der Waals surface area (Å²) in [4.78, 5) is 0. The average Bonchev–Trinajstić information content (AvgIpc) is 2.68. The van der Waals surface area contributed by atoms with Gasteiger partial charge in [-0.05, 0) is 0 Å². The van der Waals surface area contributed by atoms with Crippen molar-refractivity contribution >= 4 is 71.5 Å². The fraction of sp³-hybridized carbons (Fsp3) is 1.00. The molecule has 0 aliphatic rings. The Labute approximate surface area is 229 Å². The van der Waals surface area contributed by atoms with Crippen LogP contribution in [0.4, 0.5) is 0 Å². The summed E-state index contributed by atoms with van der Waals surface area (Å²) < 4.78 is 0. The molecule has 0 aliphatic heterocycles. The summed E-state index contributed by atoms with van der Waals surface area (Å²) in [6, 6.07) is 0. The van der Waals surface area contributed by atoms with Gasteiger partial charge in [0.2, 0.25) is 0 Å².